The molecule has 0 amide bonds. The van der Waals surface area contributed by atoms with Crippen LogP contribution in [0.25, 0.3) is 0 Å². The van der Waals surface area contributed by atoms with Crippen LogP contribution in [-0.2, 0) is 15.9 Å². The van der Waals surface area contributed by atoms with Crippen molar-refractivity contribution < 1.29 is 14.3 Å². The van der Waals surface area contributed by atoms with Crippen LogP contribution in [0.15, 0.2) is 24.3 Å². The summed E-state index contributed by atoms with van der Waals surface area (Å²) in [5.41, 5.74) is -0.751. The predicted molar refractivity (Wildman–Crippen MR) is 73.0 cm³/mol. The Morgan fingerprint density at radius 1 is 1.16 bits per heavy atom. The number of aliphatic carboxylic acids is 1. The molecule has 19 heavy (non-hydrogen) atoms. The molecular weight excluding hydrogens is 243 g/mol. The van der Waals surface area contributed by atoms with Crippen molar-refractivity contribution >= 4 is 5.97 Å². The lowest BCUT2D eigenvalue weighted by atomic mass is 9.69. The lowest BCUT2D eigenvalue weighted by Gasteiger charge is -2.34. The van der Waals surface area contributed by atoms with Gasteiger partial charge in [0.25, 0.3) is 0 Å². The molecule has 1 fully saturated rings. The summed E-state index contributed by atoms with van der Waals surface area (Å²) in [6, 6.07) is 7.01. The second-order valence-electron chi connectivity index (χ2n) is 6.00. The molecule has 104 valence electrons. The molecule has 1 aromatic carbocycles. The standard InChI is InChI=1S/C16H21FO2/c1-15(2,17)12-6-8-13(9-7-12)16(14(18)19)10-4-3-5-11-16/h6-9H,3-5,10-11H2,1-2H3,(H,18,19). The van der Waals surface area contributed by atoms with E-state index in [1.54, 1.807) is 24.3 Å². The topological polar surface area (TPSA) is 37.3 Å². The van der Waals surface area contributed by atoms with Crippen LogP contribution in [0.5, 0.6) is 0 Å². The van der Waals surface area contributed by atoms with E-state index in [4.69, 9.17) is 0 Å². The first-order chi connectivity index (χ1) is 8.86. The van der Waals surface area contributed by atoms with Gasteiger partial charge in [-0.1, -0.05) is 43.5 Å². The van der Waals surface area contributed by atoms with Crippen LogP contribution in [0.2, 0.25) is 0 Å². The third-order valence-electron chi connectivity index (χ3n) is 4.24. The molecule has 0 radical (unpaired) electrons. The van der Waals surface area contributed by atoms with Gasteiger partial charge in [-0.25, -0.2) is 4.39 Å². The van der Waals surface area contributed by atoms with Gasteiger partial charge in [0.15, 0.2) is 0 Å². The van der Waals surface area contributed by atoms with Gasteiger partial charge in [0.1, 0.15) is 5.67 Å². The van der Waals surface area contributed by atoms with Gasteiger partial charge in [-0.3, -0.25) is 4.79 Å². The van der Waals surface area contributed by atoms with Crippen molar-refractivity contribution in [3.05, 3.63) is 35.4 Å². The van der Waals surface area contributed by atoms with E-state index in [1.165, 1.54) is 13.8 Å². The van der Waals surface area contributed by atoms with Crippen LogP contribution in [0.4, 0.5) is 4.39 Å². The van der Waals surface area contributed by atoms with Crippen molar-refractivity contribution in [3.8, 4) is 0 Å². The number of carbonyl (C=O) groups is 1. The molecule has 2 rings (SSSR count). The van der Waals surface area contributed by atoms with Crippen LogP contribution in [-0.4, -0.2) is 11.1 Å². The quantitative estimate of drug-likeness (QED) is 0.889. The Hall–Kier alpha value is -1.38. The summed E-state index contributed by atoms with van der Waals surface area (Å²) in [6.07, 6.45) is 4.36. The van der Waals surface area contributed by atoms with E-state index in [-0.39, 0.29) is 0 Å². The second kappa shape index (κ2) is 4.95. The summed E-state index contributed by atoms with van der Waals surface area (Å²) in [6.45, 7) is 3.02. The third-order valence-corrected chi connectivity index (χ3v) is 4.24. The van der Waals surface area contributed by atoms with Gasteiger partial charge in [-0.15, -0.1) is 0 Å². The highest BCUT2D eigenvalue weighted by Gasteiger charge is 2.41. The molecule has 0 saturated heterocycles. The number of halogens is 1. The molecule has 0 atom stereocenters. The van der Waals surface area contributed by atoms with Gasteiger partial charge in [0.2, 0.25) is 0 Å². The summed E-state index contributed by atoms with van der Waals surface area (Å²) in [4.78, 5) is 11.7. The summed E-state index contributed by atoms with van der Waals surface area (Å²) in [5.74, 6) is -0.751. The number of carboxylic acids is 1. The Morgan fingerprint density at radius 2 is 1.68 bits per heavy atom. The van der Waals surface area contributed by atoms with Crippen LogP contribution in [0, 0.1) is 0 Å². The maximum absolute atomic E-state index is 13.8. The number of carboxylic acid groups (broad SMARTS) is 1. The zero-order chi connectivity index (χ0) is 14.1. The minimum absolute atomic E-state index is 0.590. The Morgan fingerprint density at radius 3 is 2.11 bits per heavy atom. The SMILES string of the molecule is CC(C)(F)c1ccc(C2(C(=O)O)CCCCC2)cc1. The first-order valence-electron chi connectivity index (χ1n) is 6.90. The molecule has 1 aromatic rings. The van der Waals surface area contributed by atoms with Crippen LogP contribution >= 0.6 is 0 Å². The normalized spacial score (nSPS) is 19.1. The van der Waals surface area contributed by atoms with Gasteiger partial charge in [-0.05, 0) is 37.8 Å². The molecule has 1 N–H and O–H groups in total. The van der Waals surface area contributed by atoms with E-state index in [9.17, 15) is 14.3 Å². The van der Waals surface area contributed by atoms with Crippen LogP contribution in [0.1, 0.15) is 57.1 Å². The molecule has 2 nitrogen and oxygen atoms in total. The monoisotopic (exact) mass is 264 g/mol. The predicted octanol–water partition coefficient (Wildman–Crippen LogP) is 4.18. The van der Waals surface area contributed by atoms with E-state index in [0.29, 0.717) is 18.4 Å². The molecule has 0 unspecified atom stereocenters. The van der Waals surface area contributed by atoms with Crippen LogP contribution in [0.3, 0.4) is 0 Å². The number of hydrogen-bond donors (Lipinski definition) is 1. The van der Waals surface area contributed by atoms with Crippen molar-refractivity contribution in [3.63, 3.8) is 0 Å². The molecule has 1 saturated carbocycles. The third kappa shape index (κ3) is 2.65. The molecule has 3 heteroatoms. The second-order valence-corrected chi connectivity index (χ2v) is 6.00. The lowest BCUT2D eigenvalue weighted by Crippen LogP contribution is -2.37. The molecule has 0 spiro atoms. The van der Waals surface area contributed by atoms with Crippen molar-refractivity contribution in [2.45, 2.75) is 57.0 Å². The summed E-state index contributed by atoms with van der Waals surface area (Å²) >= 11 is 0. The number of rotatable bonds is 3. The molecule has 1 aliphatic carbocycles. The van der Waals surface area contributed by atoms with Crippen molar-refractivity contribution in [1.29, 1.82) is 0 Å². The van der Waals surface area contributed by atoms with Gasteiger partial charge in [0.05, 0.1) is 5.41 Å². The number of benzene rings is 1. The summed E-state index contributed by atoms with van der Waals surface area (Å²) < 4.78 is 13.8. The van der Waals surface area contributed by atoms with E-state index in [1.807, 2.05) is 0 Å². The molecule has 1 aliphatic rings. The van der Waals surface area contributed by atoms with Gasteiger partial charge in [-0.2, -0.15) is 0 Å². The minimum Gasteiger partial charge on any atom is -0.481 e. The fourth-order valence-electron chi connectivity index (χ4n) is 2.97. The first kappa shape index (κ1) is 14.0. The molecule has 0 heterocycles. The molecule has 0 aromatic heterocycles. The van der Waals surface area contributed by atoms with Crippen LogP contribution < -0.4 is 0 Å². The Bertz CT molecular complexity index is 451. The first-order valence-corrected chi connectivity index (χ1v) is 6.90. The maximum Gasteiger partial charge on any atom is 0.314 e. The number of alkyl halides is 1. The zero-order valence-corrected chi connectivity index (χ0v) is 11.6. The Balaban J connectivity index is 2.36. The van der Waals surface area contributed by atoms with Crippen molar-refractivity contribution in [2.75, 3.05) is 0 Å². The van der Waals surface area contributed by atoms with Crippen molar-refractivity contribution in [2.24, 2.45) is 0 Å². The Kier molecular flexibility index (Phi) is 3.66. The fraction of sp³-hybridized carbons (Fsp3) is 0.562. The molecular formula is C16H21FO2. The van der Waals surface area contributed by atoms with Gasteiger partial charge >= 0.3 is 5.97 Å². The minimum atomic E-state index is -1.39. The summed E-state index contributed by atoms with van der Waals surface area (Å²) in [7, 11) is 0. The zero-order valence-electron chi connectivity index (χ0n) is 11.6. The largest absolute Gasteiger partial charge is 0.481 e. The van der Waals surface area contributed by atoms with E-state index < -0.39 is 17.1 Å². The highest BCUT2D eigenvalue weighted by molar-refractivity contribution is 5.81. The fourth-order valence-corrected chi connectivity index (χ4v) is 2.97. The van der Waals surface area contributed by atoms with E-state index in [2.05, 4.69) is 0 Å². The summed E-state index contributed by atoms with van der Waals surface area (Å²) in [5, 5.41) is 9.60. The van der Waals surface area contributed by atoms with Gasteiger partial charge < -0.3 is 5.11 Å². The smallest absolute Gasteiger partial charge is 0.314 e. The maximum atomic E-state index is 13.8. The average molecular weight is 264 g/mol. The van der Waals surface area contributed by atoms with E-state index in [0.717, 1.165) is 24.8 Å². The molecule has 0 aliphatic heterocycles. The lowest BCUT2D eigenvalue weighted by molar-refractivity contribution is -0.145. The van der Waals surface area contributed by atoms with Crippen molar-refractivity contribution in [1.82, 2.24) is 0 Å². The van der Waals surface area contributed by atoms with Gasteiger partial charge in [0, 0.05) is 0 Å². The highest BCUT2D eigenvalue weighted by Crippen LogP contribution is 2.40. The molecule has 0 bridgehead atoms. The van der Waals surface area contributed by atoms with E-state index >= 15 is 0 Å². The average Bonchev–Trinajstić information content (AvgIpc) is 2.38. The Labute approximate surface area is 113 Å². The number of hydrogen-bond acceptors (Lipinski definition) is 1. The highest BCUT2D eigenvalue weighted by atomic mass is 19.1.